The zero-order chi connectivity index (χ0) is 57.8. The molecule has 0 aliphatic rings. The van der Waals surface area contributed by atoms with Crippen molar-refractivity contribution in [3.8, 4) is 0 Å². The SMILES string of the molecule is CC/C=C\C/C=C\C/C=C\C/C=C\CCCCC(=O)OCC(COC(=O)CCCCCCCCCCCCCCCCCCCCCCCCCCCCCCCCC)OC(=O)CCCCCCC/C=C\CCCCCCCCC. The van der Waals surface area contributed by atoms with E-state index in [0.29, 0.717) is 19.3 Å². The first kappa shape index (κ1) is 77.1. The highest BCUT2D eigenvalue weighted by Gasteiger charge is 2.19. The average molecular weight is 1120 g/mol. The lowest BCUT2D eigenvalue weighted by atomic mass is 10.0. The molecule has 0 bridgehead atoms. The number of ether oxygens (including phenoxy) is 3. The number of esters is 3. The van der Waals surface area contributed by atoms with Gasteiger partial charge < -0.3 is 14.2 Å². The van der Waals surface area contributed by atoms with Crippen LogP contribution in [-0.2, 0) is 28.6 Å². The fraction of sp³-hybridized carbons (Fsp3) is 0.824. The molecule has 0 amide bonds. The molecule has 1 unspecified atom stereocenters. The summed E-state index contributed by atoms with van der Waals surface area (Å²) in [5, 5.41) is 0. The van der Waals surface area contributed by atoms with Crippen LogP contribution in [0, 0.1) is 0 Å². The van der Waals surface area contributed by atoms with E-state index in [2.05, 4.69) is 81.5 Å². The topological polar surface area (TPSA) is 78.9 Å². The van der Waals surface area contributed by atoms with Crippen molar-refractivity contribution >= 4 is 17.9 Å². The second-order valence-electron chi connectivity index (χ2n) is 23.8. The standard InChI is InChI=1S/C74H134O6/c1-4-7-10-13-16-19-22-25-28-30-31-32-33-34-35-36-37-38-39-40-41-42-43-44-47-49-52-55-58-61-64-67-73(76)79-70-71(69-78-72(75)66-63-60-57-54-51-48-45-27-24-21-18-15-12-9-6-3)80-74(77)68-65-62-59-56-53-50-46-29-26-23-20-17-14-11-8-5-2/h9,12,18,21,27,29,45-46,51,54,71H,4-8,10-11,13-17,19-20,22-26,28,30-44,47-50,52-53,55-70H2,1-3H3/b12-9-,21-18-,45-27-,46-29-,54-51-. The summed E-state index contributed by atoms with van der Waals surface area (Å²) >= 11 is 0. The van der Waals surface area contributed by atoms with Gasteiger partial charge in [0, 0.05) is 19.3 Å². The maximum Gasteiger partial charge on any atom is 0.306 e. The minimum atomic E-state index is -0.795. The van der Waals surface area contributed by atoms with Gasteiger partial charge in [-0.25, -0.2) is 0 Å². The summed E-state index contributed by atoms with van der Waals surface area (Å²) in [7, 11) is 0. The first-order valence-corrected chi connectivity index (χ1v) is 35.3. The molecular formula is C74H134O6. The van der Waals surface area contributed by atoms with Crippen molar-refractivity contribution in [1.82, 2.24) is 0 Å². The Kier molecular flexibility index (Phi) is 66.1. The molecule has 0 fully saturated rings. The molecule has 80 heavy (non-hydrogen) atoms. The van der Waals surface area contributed by atoms with Gasteiger partial charge in [-0.2, -0.15) is 0 Å². The summed E-state index contributed by atoms with van der Waals surface area (Å²) < 4.78 is 16.9. The van der Waals surface area contributed by atoms with Crippen LogP contribution < -0.4 is 0 Å². The van der Waals surface area contributed by atoms with E-state index in [-0.39, 0.29) is 31.1 Å². The summed E-state index contributed by atoms with van der Waals surface area (Å²) in [6, 6.07) is 0. The van der Waals surface area contributed by atoms with E-state index in [1.165, 1.54) is 238 Å². The van der Waals surface area contributed by atoms with Crippen LogP contribution in [0.15, 0.2) is 60.8 Å². The number of carbonyl (C=O) groups excluding carboxylic acids is 3. The van der Waals surface area contributed by atoms with Crippen LogP contribution in [0.3, 0.4) is 0 Å². The predicted molar refractivity (Wildman–Crippen MR) is 348 cm³/mol. The minimum absolute atomic E-state index is 0.0875. The maximum atomic E-state index is 12.9. The third kappa shape index (κ3) is 65.9. The van der Waals surface area contributed by atoms with Gasteiger partial charge in [0.05, 0.1) is 0 Å². The van der Waals surface area contributed by atoms with Gasteiger partial charge in [-0.15, -0.1) is 0 Å². The molecule has 0 aromatic rings. The molecule has 6 heteroatoms. The second kappa shape index (κ2) is 68.6. The van der Waals surface area contributed by atoms with E-state index in [9.17, 15) is 14.4 Å². The Labute approximate surface area is 498 Å². The number of rotatable bonds is 65. The predicted octanol–water partition coefficient (Wildman–Crippen LogP) is 24.3. The van der Waals surface area contributed by atoms with Crippen molar-refractivity contribution in [3.63, 3.8) is 0 Å². The zero-order valence-electron chi connectivity index (χ0n) is 53.6. The molecule has 0 rings (SSSR count). The van der Waals surface area contributed by atoms with Gasteiger partial charge in [-0.1, -0.05) is 332 Å². The minimum Gasteiger partial charge on any atom is -0.462 e. The van der Waals surface area contributed by atoms with Gasteiger partial charge in [0.15, 0.2) is 6.10 Å². The molecule has 0 aromatic heterocycles. The fourth-order valence-corrected chi connectivity index (χ4v) is 10.5. The van der Waals surface area contributed by atoms with E-state index in [0.717, 1.165) is 96.3 Å². The summed E-state index contributed by atoms with van der Waals surface area (Å²) in [6.07, 6.45) is 88.5. The maximum absolute atomic E-state index is 12.9. The molecular weight excluding hydrogens is 985 g/mol. The largest absolute Gasteiger partial charge is 0.462 e. The van der Waals surface area contributed by atoms with Gasteiger partial charge in [-0.05, 0) is 83.5 Å². The lowest BCUT2D eigenvalue weighted by Gasteiger charge is -2.18. The van der Waals surface area contributed by atoms with Crippen LogP contribution in [0.2, 0.25) is 0 Å². The Bertz CT molecular complexity index is 1430. The van der Waals surface area contributed by atoms with Gasteiger partial charge in [0.1, 0.15) is 13.2 Å². The highest BCUT2D eigenvalue weighted by molar-refractivity contribution is 5.71. The Morgan fingerprint density at radius 3 is 0.800 bits per heavy atom. The third-order valence-electron chi connectivity index (χ3n) is 15.8. The lowest BCUT2D eigenvalue weighted by molar-refractivity contribution is -0.167. The molecule has 0 radical (unpaired) electrons. The van der Waals surface area contributed by atoms with Gasteiger partial charge in [0.25, 0.3) is 0 Å². The number of carbonyl (C=O) groups is 3. The van der Waals surface area contributed by atoms with Crippen molar-refractivity contribution in [2.45, 2.75) is 380 Å². The van der Waals surface area contributed by atoms with Gasteiger partial charge in [-0.3, -0.25) is 14.4 Å². The zero-order valence-corrected chi connectivity index (χ0v) is 53.6. The smallest absolute Gasteiger partial charge is 0.306 e. The normalized spacial score (nSPS) is 12.4. The van der Waals surface area contributed by atoms with Crippen LogP contribution in [0.1, 0.15) is 374 Å². The van der Waals surface area contributed by atoms with Crippen molar-refractivity contribution in [1.29, 1.82) is 0 Å². The van der Waals surface area contributed by atoms with Gasteiger partial charge in [0.2, 0.25) is 0 Å². The highest BCUT2D eigenvalue weighted by Crippen LogP contribution is 2.18. The quantitative estimate of drug-likeness (QED) is 0.0261. The van der Waals surface area contributed by atoms with Crippen molar-refractivity contribution in [2.24, 2.45) is 0 Å². The molecule has 6 nitrogen and oxygen atoms in total. The molecule has 0 aromatic carbocycles. The Morgan fingerprint density at radius 2 is 0.487 bits per heavy atom. The first-order valence-electron chi connectivity index (χ1n) is 35.3. The monoisotopic (exact) mass is 1120 g/mol. The first-order chi connectivity index (χ1) is 39.5. The molecule has 0 heterocycles. The highest BCUT2D eigenvalue weighted by atomic mass is 16.6. The average Bonchev–Trinajstić information content (AvgIpc) is 3.46. The summed E-state index contributed by atoms with van der Waals surface area (Å²) in [5.74, 6) is -0.919. The summed E-state index contributed by atoms with van der Waals surface area (Å²) in [5.41, 5.74) is 0. The number of unbranched alkanes of at least 4 members (excludes halogenated alkanes) is 44. The lowest BCUT2D eigenvalue weighted by Crippen LogP contribution is -2.30. The Morgan fingerprint density at radius 1 is 0.263 bits per heavy atom. The van der Waals surface area contributed by atoms with E-state index >= 15 is 0 Å². The van der Waals surface area contributed by atoms with E-state index < -0.39 is 6.10 Å². The number of hydrogen-bond donors (Lipinski definition) is 0. The van der Waals surface area contributed by atoms with Crippen molar-refractivity contribution in [2.75, 3.05) is 13.2 Å². The van der Waals surface area contributed by atoms with Crippen LogP contribution in [0.25, 0.3) is 0 Å². The van der Waals surface area contributed by atoms with E-state index in [1.807, 2.05) is 0 Å². The van der Waals surface area contributed by atoms with E-state index in [4.69, 9.17) is 14.2 Å². The van der Waals surface area contributed by atoms with Gasteiger partial charge >= 0.3 is 17.9 Å². The number of hydrogen-bond acceptors (Lipinski definition) is 6. The molecule has 0 aliphatic heterocycles. The summed E-state index contributed by atoms with van der Waals surface area (Å²) in [4.78, 5) is 38.3. The van der Waals surface area contributed by atoms with Crippen LogP contribution in [0.5, 0.6) is 0 Å². The van der Waals surface area contributed by atoms with Crippen LogP contribution >= 0.6 is 0 Å². The van der Waals surface area contributed by atoms with E-state index in [1.54, 1.807) is 0 Å². The van der Waals surface area contributed by atoms with Crippen LogP contribution in [-0.4, -0.2) is 37.2 Å². The molecule has 0 saturated carbocycles. The molecule has 1 atom stereocenters. The number of allylic oxidation sites excluding steroid dienone is 10. The third-order valence-corrected chi connectivity index (χ3v) is 15.8. The molecule has 0 N–H and O–H groups in total. The van der Waals surface area contributed by atoms with Crippen molar-refractivity contribution in [3.05, 3.63) is 60.8 Å². The van der Waals surface area contributed by atoms with Crippen LogP contribution in [0.4, 0.5) is 0 Å². The molecule has 0 aliphatic carbocycles. The second-order valence-corrected chi connectivity index (χ2v) is 23.8. The Hall–Kier alpha value is -2.89. The van der Waals surface area contributed by atoms with Crippen molar-refractivity contribution < 1.29 is 28.6 Å². The molecule has 0 saturated heterocycles. The fourth-order valence-electron chi connectivity index (χ4n) is 10.5. The molecule has 466 valence electrons. The Balaban J connectivity index is 4.19. The summed E-state index contributed by atoms with van der Waals surface area (Å²) in [6.45, 7) is 6.54. The molecule has 0 spiro atoms.